The van der Waals surface area contributed by atoms with E-state index in [9.17, 15) is 4.79 Å². The zero-order valence-electron chi connectivity index (χ0n) is 14.0. The highest BCUT2D eigenvalue weighted by Crippen LogP contribution is 2.44. The molecule has 6 heteroatoms. The lowest BCUT2D eigenvalue weighted by atomic mass is 9.66. The summed E-state index contributed by atoms with van der Waals surface area (Å²) in [5.74, 6) is -0.0232. The molecule has 1 aliphatic heterocycles. The molecule has 1 saturated heterocycles. The Hall–Kier alpha value is -1.07. The molecule has 0 bridgehead atoms. The molecule has 0 aromatic carbocycles. The number of nitrogens with one attached hydrogen (secondary N) is 2. The summed E-state index contributed by atoms with van der Waals surface area (Å²) in [6, 6.07) is 2.23. The topological polar surface area (TPSA) is 59.0 Å². The monoisotopic (exact) mass is 340 g/mol. The van der Waals surface area contributed by atoms with Crippen molar-refractivity contribution in [2.24, 2.45) is 5.41 Å². The summed E-state index contributed by atoms with van der Waals surface area (Å²) in [5, 5.41) is 11.0. The molecule has 2 fully saturated rings. The highest BCUT2D eigenvalue weighted by Gasteiger charge is 2.36. The Kier molecular flexibility index (Phi) is 6.48. The highest BCUT2D eigenvalue weighted by atomic mass is 35.5. The molecule has 1 aromatic rings. The SMILES string of the molecule is CCCC1(CNC(=O)c2ccn(C3CCCNC3)n2)CCC1.Cl. The first-order valence-corrected chi connectivity index (χ1v) is 8.76. The molecule has 130 valence electrons. The van der Waals surface area contributed by atoms with Crippen LogP contribution < -0.4 is 10.6 Å². The van der Waals surface area contributed by atoms with Gasteiger partial charge < -0.3 is 10.6 Å². The number of nitrogens with zero attached hydrogens (tertiary/aromatic N) is 2. The Morgan fingerprint density at radius 2 is 2.30 bits per heavy atom. The van der Waals surface area contributed by atoms with Crippen molar-refractivity contribution in [1.29, 1.82) is 0 Å². The van der Waals surface area contributed by atoms with Gasteiger partial charge in [0.05, 0.1) is 6.04 Å². The minimum absolute atomic E-state index is 0. The first-order chi connectivity index (χ1) is 10.7. The maximum Gasteiger partial charge on any atom is 0.271 e. The van der Waals surface area contributed by atoms with E-state index in [-0.39, 0.29) is 18.3 Å². The summed E-state index contributed by atoms with van der Waals surface area (Å²) < 4.78 is 1.95. The van der Waals surface area contributed by atoms with Gasteiger partial charge in [-0.25, -0.2) is 0 Å². The highest BCUT2D eigenvalue weighted by molar-refractivity contribution is 5.92. The first-order valence-electron chi connectivity index (χ1n) is 8.76. The smallest absolute Gasteiger partial charge is 0.271 e. The lowest BCUT2D eigenvalue weighted by Crippen LogP contribution is -2.42. The van der Waals surface area contributed by atoms with E-state index in [0.717, 1.165) is 26.1 Å². The van der Waals surface area contributed by atoms with E-state index in [1.54, 1.807) is 0 Å². The fourth-order valence-electron chi connectivity index (χ4n) is 3.80. The van der Waals surface area contributed by atoms with Crippen molar-refractivity contribution in [3.8, 4) is 0 Å². The van der Waals surface area contributed by atoms with Crippen molar-refractivity contribution in [3.63, 3.8) is 0 Å². The van der Waals surface area contributed by atoms with Crippen LogP contribution in [0.3, 0.4) is 0 Å². The third-order valence-electron chi connectivity index (χ3n) is 5.30. The van der Waals surface area contributed by atoms with Crippen molar-refractivity contribution in [1.82, 2.24) is 20.4 Å². The van der Waals surface area contributed by atoms with Crippen LogP contribution in [-0.4, -0.2) is 35.3 Å². The summed E-state index contributed by atoms with van der Waals surface area (Å²) in [5.41, 5.74) is 0.914. The predicted molar refractivity (Wildman–Crippen MR) is 94.1 cm³/mol. The van der Waals surface area contributed by atoms with Gasteiger partial charge >= 0.3 is 0 Å². The summed E-state index contributed by atoms with van der Waals surface area (Å²) >= 11 is 0. The minimum atomic E-state index is -0.0232. The molecule has 0 spiro atoms. The molecule has 1 aliphatic carbocycles. The molecule has 23 heavy (non-hydrogen) atoms. The summed E-state index contributed by atoms with van der Waals surface area (Å²) in [4.78, 5) is 12.3. The second kappa shape index (κ2) is 8.15. The number of aromatic nitrogens is 2. The quantitative estimate of drug-likeness (QED) is 0.837. The van der Waals surface area contributed by atoms with Crippen molar-refractivity contribution in [3.05, 3.63) is 18.0 Å². The first kappa shape index (κ1) is 18.3. The number of halogens is 1. The third-order valence-corrected chi connectivity index (χ3v) is 5.30. The van der Waals surface area contributed by atoms with Crippen LogP contribution in [0.5, 0.6) is 0 Å². The molecule has 1 amide bonds. The number of rotatable bonds is 6. The zero-order valence-corrected chi connectivity index (χ0v) is 14.8. The van der Waals surface area contributed by atoms with Gasteiger partial charge in [-0.1, -0.05) is 19.8 Å². The normalized spacial score (nSPS) is 22.7. The van der Waals surface area contributed by atoms with Gasteiger partial charge in [0.25, 0.3) is 5.91 Å². The molecule has 2 aliphatic rings. The van der Waals surface area contributed by atoms with Crippen LogP contribution in [0.1, 0.15) is 68.4 Å². The van der Waals surface area contributed by atoms with E-state index in [1.165, 1.54) is 38.5 Å². The van der Waals surface area contributed by atoms with Crippen molar-refractivity contribution in [2.45, 2.75) is 57.9 Å². The molecule has 1 aromatic heterocycles. The largest absolute Gasteiger partial charge is 0.350 e. The van der Waals surface area contributed by atoms with Gasteiger partial charge in [0.1, 0.15) is 5.69 Å². The van der Waals surface area contributed by atoms with E-state index in [2.05, 4.69) is 22.7 Å². The molecule has 1 atom stereocenters. The van der Waals surface area contributed by atoms with Crippen LogP contribution in [0.4, 0.5) is 0 Å². The number of hydrogen-bond donors (Lipinski definition) is 2. The molecular formula is C17H29ClN4O. The number of carbonyl (C=O) groups is 1. The number of hydrogen-bond acceptors (Lipinski definition) is 3. The molecule has 1 saturated carbocycles. The van der Waals surface area contributed by atoms with Crippen molar-refractivity contribution in [2.75, 3.05) is 19.6 Å². The molecule has 2 heterocycles. The van der Waals surface area contributed by atoms with Crippen LogP contribution >= 0.6 is 12.4 Å². The Morgan fingerprint density at radius 3 is 2.91 bits per heavy atom. The second-order valence-electron chi connectivity index (χ2n) is 6.97. The molecular weight excluding hydrogens is 312 g/mol. The van der Waals surface area contributed by atoms with Crippen LogP contribution in [0.25, 0.3) is 0 Å². The average Bonchev–Trinajstić information content (AvgIpc) is 3.00. The van der Waals surface area contributed by atoms with E-state index in [4.69, 9.17) is 0 Å². The third kappa shape index (κ3) is 4.27. The predicted octanol–water partition coefficient (Wildman–Crippen LogP) is 2.93. The summed E-state index contributed by atoms with van der Waals surface area (Å²) in [6.07, 6.45) is 10.5. The second-order valence-corrected chi connectivity index (χ2v) is 6.97. The Bertz CT molecular complexity index is 506. The van der Waals surface area contributed by atoms with Crippen LogP contribution in [0.15, 0.2) is 12.3 Å². The fraction of sp³-hybridized carbons (Fsp3) is 0.765. The van der Waals surface area contributed by atoms with E-state index in [0.29, 0.717) is 17.2 Å². The van der Waals surface area contributed by atoms with Crippen molar-refractivity contribution < 1.29 is 4.79 Å². The van der Waals surface area contributed by atoms with Crippen LogP contribution in [0.2, 0.25) is 0 Å². The maximum absolute atomic E-state index is 12.3. The van der Waals surface area contributed by atoms with Gasteiger partial charge in [-0.3, -0.25) is 9.48 Å². The van der Waals surface area contributed by atoms with E-state index >= 15 is 0 Å². The Balaban J connectivity index is 0.00000192. The molecule has 2 N–H and O–H groups in total. The van der Waals surface area contributed by atoms with Gasteiger partial charge in [0, 0.05) is 19.3 Å². The molecule has 3 rings (SSSR count). The Morgan fingerprint density at radius 1 is 1.48 bits per heavy atom. The van der Waals surface area contributed by atoms with Gasteiger partial charge in [0.2, 0.25) is 0 Å². The molecule has 5 nitrogen and oxygen atoms in total. The average molecular weight is 341 g/mol. The number of carbonyl (C=O) groups excluding carboxylic acids is 1. The van der Waals surface area contributed by atoms with Gasteiger partial charge in [-0.05, 0) is 50.1 Å². The van der Waals surface area contributed by atoms with Gasteiger partial charge in [-0.2, -0.15) is 5.10 Å². The van der Waals surface area contributed by atoms with E-state index in [1.807, 2.05) is 16.9 Å². The minimum Gasteiger partial charge on any atom is -0.350 e. The van der Waals surface area contributed by atoms with Gasteiger partial charge in [-0.15, -0.1) is 12.4 Å². The standard InChI is InChI=1S/C17H28N4O.ClH/c1-2-7-17(8-4-9-17)13-19-16(22)15-6-11-21(20-15)14-5-3-10-18-12-14;/h6,11,14,18H,2-5,7-10,12-13H2,1H3,(H,19,22);1H. The number of amides is 1. The number of piperidine rings is 1. The van der Waals surface area contributed by atoms with Gasteiger partial charge in [0.15, 0.2) is 0 Å². The maximum atomic E-state index is 12.3. The molecule has 0 radical (unpaired) electrons. The summed E-state index contributed by atoms with van der Waals surface area (Å²) in [7, 11) is 0. The van der Waals surface area contributed by atoms with Crippen LogP contribution in [0, 0.1) is 5.41 Å². The fourth-order valence-corrected chi connectivity index (χ4v) is 3.80. The lowest BCUT2D eigenvalue weighted by molar-refractivity contribution is 0.0827. The summed E-state index contributed by atoms with van der Waals surface area (Å²) in [6.45, 7) is 5.06. The van der Waals surface area contributed by atoms with E-state index < -0.39 is 0 Å². The lowest BCUT2D eigenvalue weighted by Gasteiger charge is -2.42. The Labute approximate surface area is 145 Å². The molecule has 1 unspecified atom stereocenters. The van der Waals surface area contributed by atoms with Crippen LogP contribution in [-0.2, 0) is 0 Å². The van der Waals surface area contributed by atoms with Crippen molar-refractivity contribution >= 4 is 18.3 Å². The zero-order chi connectivity index (χ0) is 15.4.